The number of hydrogen-bond acceptors (Lipinski definition) is 3. The van der Waals surface area contributed by atoms with Crippen LogP contribution in [0.5, 0.6) is 0 Å². The molecule has 0 amide bonds. The average molecular weight is 361 g/mol. The molecule has 0 atom stereocenters. The highest BCUT2D eigenvalue weighted by Gasteiger charge is 2.34. The Balaban J connectivity index is 2.08. The second-order valence-electron chi connectivity index (χ2n) is 5.34. The topological polar surface area (TPSA) is 50.7 Å². The van der Waals surface area contributed by atoms with Gasteiger partial charge in [-0.15, -0.1) is 11.3 Å². The van der Waals surface area contributed by atoms with Gasteiger partial charge in [0.05, 0.1) is 11.1 Å². The average Bonchev–Trinajstić information content (AvgIpc) is 3.23. The van der Waals surface area contributed by atoms with Crippen LogP contribution < -0.4 is 5.56 Å². The highest BCUT2D eigenvalue weighted by molar-refractivity contribution is 7.13. The first-order chi connectivity index (χ1) is 11.9. The van der Waals surface area contributed by atoms with Crippen LogP contribution in [0, 0.1) is 0 Å². The summed E-state index contributed by atoms with van der Waals surface area (Å²) < 4.78 is 40.8. The van der Waals surface area contributed by atoms with Crippen molar-refractivity contribution in [3.05, 3.63) is 70.0 Å². The number of aromatic nitrogens is 3. The Morgan fingerprint density at radius 2 is 1.84 bits per heavy atom. The number of hydrogen-bond donors (Lipinski definition) is 1. The zero-order valence-corrected chi connectivity index (χ0v) is 13.4. The van der Waals surface area contributed by atoms with Gasteiger partial charge in [-0.2, -0.15) is 13.2 Å². The van der Waals surface area contributed by atoms with Crippen LogP contribution in [0.3, 0.4) is 0 Å². The molecular weight excluding hydrogens is 351 g/mol. The first-order valence-electron chi connectivity index (χ1n) is 7.27. The fourth-order valence-electron chi connectivity index (χ4n) is 2.64. The Morgan fingerprint density at radius 3 is 2.48 bits per heavy atom. The lowest BCUT2D eigenvalue weighted by Crippen LogP contribution is -2.14. The van der Waals surface area contributed by atoms with Crippen LogP contribution in [0.15, 0.2) is 58.7 Å². The molecule has 0 fully saturated rings. The number of alkyl halides is 3. The van der Waals surface area contributed by atoms with Gasteiger partial charge in [0, 0.05) is 10.4 Å². The molecule has 0 unspecified atom stereocenters. The van der Waals surface area contributed by atoms with Crippen LogP contribution >= 0.6 is 11.3 Å². The molecule has 0 spiro atoms. The number of rotatable bonds is 2. The molecule has 0 saturated heterocycles. The number of nitrogens with zero attached hydrogens (tertiary/aromatic N) is 2. The van der Waals surface area contributed by atoms with E-state index in [2.05, 4.69) is 10.1 Å². The molecule has 4 rings (SSSR count). The summed E-state index contributed by atoms with van der Waals surface area (Å²) in [4.78, 5) is 17.0. The van der Waals surface area contributed by atoms with Gasteiger partial charge in [-0.1, -0.05) is 24.3 Å². The standard InChI is InChI=1S/C17H10F3N3OS/c18-17(19,20)13-9-11(12-7-4-8-25-12)14-15(21-13)22-23(16(14)24)10-5-2-1-3-6-10/h1-9H,(H,21,22). The van der Waals surface area contributed by atoms with Gasteiger partial charge in [0.1, 0.15) is 5.69 Å². The van der Waals surface area contributed by atoms with Crippen LogP contribution in [-0.2, 0) is 6.18 Å². The molecule has 0 radical (unpaired) electrons. The van der Waals surface area contributed by atoms with E-state index in [1.807, 2.05) is 0 Å². The lowest BCUT2D eigenvalue weighted by molar-refractivity contribution is -0.140. The van der Waals surface area contributed by atoms with Gasteiger partial charge in [-0.3, -0.25) is 9.89 Å². The summed E-state index contributed by atoms with van der Waals surface area (Å²) >= 11 is 1.27. The lowest BCUT2D eigenvalue weighted by Gasteiger charge is -2.07. The number of H-pyrrole nitrogens is 1. The van der Waals surface area contributed by atoms with Crippen molar-refractivity contribution in [2.24, 2.45) is 0 Å². The van der Waals surface area contributed by atoms with Crippen LogP contribution in [0.25, 0.3) is 27.2 Å². The van der Waals surface area contributed by atoms with Crippen LogP contribution in [-0.4, -0.2) is 14.8 Å². The van der Waals surface area contributed by atoms with E-state index in [-0.39, 0.29) is 16.6 Å². The molecule has 1 aromatic carbocycles. The van der Waals surface area contributed by atoms with E-state index in [4.69, 9.17) is 0 Å². The molecule has 8 heteroatoms. The molecule has 1 N–H and O–H groups in total. The maximum atomic E-state index is 13.2. The number of pyridine rings is 1. The molecule has 126 valence electrons. The maximum Gasteiger partial charge on any atom is 0.433 e. The molecule has 0 aliphatic carbocycles. The Kier molecular flexibility index (Phi) is 3.50. The molecule has 0 aliphatic rings. The van der Waals surface area contributed by atoms with Crippen molar-refractivity contribution >= 4 is 22.4 Å². The van der Waals surface area contributed by atoms with Gasteiger partial charge in [-0.25, -0.2) is 9.67 Å². The van der Waals surface area contributed by atoms with Crippen LogP contribution in [0.2, 0.25) is 0 Å². The molecule has 3 heterocycles. The second-order valence-corrected chi connectivity index (χ2v) is 6.29. The van der Waals surface area contributed by atoms with E-state index in [1.54, 1.807) is 47.8 Å². The second kappa shape index (κ2) is 5.59. The molecule has 0 aliphatic heterocycles. The van der Waals surface area contributed by atoms with Gasteiger partial charge in [0.25, 0.3) is 5.56 Å². The van der Waals surface area contributed by atoms with E-state index in [0.29, 0.717) is 10.6 Å². The summed E-state index contributed by atoms with van der Waals surface area (Å²) in [6.07, 6.45) is -4.61. The minimum atomic E-state index is -4.61. The first-order valence-corrected chi connectivity index (χ1v) is 8.15. The van der Waals surface area contributed by atoms with Gasteiger partial charge < -0.3 is 0 Å². The van der Waals surface area contributed by atoms with Crippen molar-refractivity contribution < 1.29 is 13.2 Å². The molecule has 0 bridgehead atoms. The normalized spacial score (nSPS) is 12.0. The van der Waals surface area contributed by atoms with E-state index in [9.17, 15) is 18.0 Å². The molecule has 4 aromatic rings. The van der Waals surface area contributed by atoms with Gasteiger partial charge in [0.15, 0.2) is 5.65 Å². The summed E-state index contributed by atoms with van der Waals surface area (Å²) in [6.45, 7) is 0. The molecular formula is C17H10F3N3OS. The van der Waals surface area contributed by atoms with Crippen molar-refractivity contribution in [2.45, 2.75) is 6.18 Å². The molecule has 3 aromatic heterocycles. The molecule has 25 heavy (non-hydrogen) atoms. The number of fused-ring (bicyclic) bond motifs is 1. The van der Waals surface area contributed by atoms with Gasteiger partial charge in [0.2, 0.25) is 0 Å². The van der Waals surface area contributed by atoms with Gasteiger partial charge >= 0.3 is 6.18 Å². The SMILES string of the molecule is O=c1c2c(-c3cccs3)cc(C(F)(F)F)nc2[nH]n1-c1ccccc1. The number of halogens is 3. The van der Waals surface area contributed by atoms with Crippen LogP contribution in [0.4, 0.5) is 13.2 Å². The van der Waals surface area contributed by atoms with Gasteiger partial charge in [-0.05, 0) is 29.6 Å². The van der Waals surface area contributed by atoms with Crippen molar-refractivity contribution in [1.29, 1.82) is 0 Å². The predicted octanol–water partition coefficient (Wildman–Crippen LogP) is 4.46. The third kappa shape index (κ3) is 2.64. The quantitative estimate of drug-likeness (QED) is 0.573. The summed E-state index contributed by atoms with van der Waals surface area (Å²) in [5.41, 5.74) is -0.817. The first kappa shape index (κ1) is 15.6. The Hall–Kier alpha value is -2.87. The Bertz CT molecular complexity index is 1100. The maximum absolute atomic E-state index is 13.2. The molecule has 0 saturated carbocycles. The highest BCUT2D eigenvalue weighted by Crippen LogP contribution is 2.35. The summed E-state index contributed by atoms with van der Waals surface area (Å²) in [6, 6.07) is 13.0. The van der Waals surface area contributed by atoms with Crippen LogP contribution in [0.1, 0.15) is 5.69 Å². The number of aromatic amines is 1. The Morgan fingerprint density at radius 1 is 1.08 bits per heavy atom. The summed E-state index contributed by atoms with van der Waals surface area (Å²) in [5.74, 6) is 0. The largest absolute Gasteiger partial charge is 0.433 e. The third-order valence-corrected chi connectivity index (χ3v) is 4.65. The van der Waals surface area contributed by atoms with Crippen molar-refractivity contribution in [1.82, 2.24) is 14.8 Å². The van der Waals surface area contributed by atoms with Crippen molar-refractivity contribution in [2.75, 3.05) is 0 Å². The highest BCUT2D eigenvalue weighted by atomic mass is 32.1. The van der Waals surface area contributed by atoms with E-state index in [0.717, 1.165) is 6.07 Å². The van der Waals surface area contributed by atoms with E-state index >= 15 is 0 Å². The summed E-state index contributed by atoms with van der Waals surface area (Å²) in [7, 11) is 0. The fourth-order valence-corrected chi connectivity index (χ4v) is 3.39. The fraction of sp³-hybridized carbons (Fsp3) is 0.0588. The molecule has 4 nitrogen and oxygen atoms in total. The predicted molar refractivity (Wildman–Crippen MR) is 90.0 cm³/mol. The minimum absolute atomic E-state index is 0.0907. The minimum Gasteiger partial charge on any atom is -0.274 e. The van der Waals surface area contributed by atoms with E-state index < -0.39 is 17.4 Å². The number of benzene rings is 1. The van der Waals surface area contributed by atoms with Crippen molar-refractivity contribution in [3.63, 3.8) is 0 Å². The third-order valence-electron chi connectivity index (χ3n) is 3.75. The van der Waals surface area contributed by atoms with Crippen molar-refractivity contribution in [3.8, 4) is 16.1 Å². The Labute approximate surface area is 143 Å². The number of para-hydroxylation sites is 1. The number of nitrogens with one attached hydrogen (secondary N) is 1. The monoisotopic (exact) mass is 361 g/mol. The zero-order valence-electron chi connectivity index (χ0n) is 12.5. The number of thiophene rings is 1. The zero-order chi connectivity index (χ0) is 17.6. The lowest BCUT2D eigenvalue weighted by atomic mass is 10.1. The smallest absolute Gasteiger partial charge is 0.274 e. The summed E-state index contributed by atoms with van der Waals surface area (Å²) in [5, 5.41) is 4.58. The van der Waals surface area contributed by atoms with E-state index in [1.165, 1.54) is 16.0 Å².